The van der Waals surface area contributed by atoms with Crippen molar-refractivity contribution in [1.29, 1.82) is 0 Å². The van der Waals surface area contributed by atoms with E-state index in [9.17, 15) is 14.4 Å². The Balaban J connectivity index is 1.76. The van der Waals surface area contributed by atoms with Gasteiger partial charge in [-0.15, -0.1) is 0 Å². The van der Waals surface area contributed by atoms with Gasteiger partial charge in [0.15, 0.2) is 5.76 Å². The van der Waals surface area contributed by atoms with Crippen LogP contribution in [0.5, 0.6) is 0 Å². The maximum atomic E-state index is 12.6. The minimum absolute atomic E-state index is 0.171. The van der Waals surface area contributed by atoms with Crippen LogP contribution in [0.25, 0.3) is 0 Å². The van der Waals surface area contributed by atoms with Crippen LogP contribution in [0.15, 0.2) is 71.3 Å². The van der Waals surface area contributed by atoms with E-state index in [-0.39, 0.29) is 11.7 Å². The lowest BCUT2D eigenvalue weighted by atomic mass is 10.1. The van der Waals surface area contributed by atoms with Crippen LogP contribution in [-0.4, -0.2) is 24.8 Å². The fourth-order valence-corrected chi connectivity index (χ4v) is 2.46. The molecule has 0 spiro atoms. The predicted octanol–water partition coefficient (Wildman–Crippen LogP) is 3.14. The molecule has 7 heteroatoms. The fourth-order valence-electron chi connectivity index (χ4n) is 2.46. The van der Waals surface area contributed by atoms with Crippen LogP contribution >= 0.6 is 0 Å². The summed E-state index contributed by atoms with van der Waals surface area (Å²) in [5.41, 5.74) is 1.53. The predicted molar refractivity (Wildman–Crippen MR) is 101 cm³/mol. The molecule has 0 bridgehead atoms. The maximum Gasteiger partial charge on any atom is 0.291 e. The Morgan fingerprint density at radius 1 is 0.815 bits per heavy atom. The van der Waals surface area contributed by atoms with E-state index >= 15 is 0 Å². The largest absolute Gasteiger partial charge is 0.459 e. The Kier molecular flexibility index (Phi) is 5.32. The number of rotatable bonds is 5. The van der Waals surface area contributed by atoms with Gasteiger partial charge < -0.3 is 20.4 Å². The first-order valence-electron chi connectivity index (χ1n) is 8.16. The number of nitrogens with one attached hydrogen (secondary N) is 3. The molecule has 0 unspecified atom stereocenters. The average molecular weight is 363 g/mol. The molecule has 2 aromatic carbocycles. The van der Waals surface area contributed by atoms with Gasteiger partial charge in [0.25, 0.3) is 17.7 Å². The Bertz CT molecular complexity index is 980. The summed E-state index contributed by atoms with van der Waals surface area (Å²) in [4.78, 5) is 36.5. The smallest absolute Gasteiger partial charge is 0.291 e. The van der Waals surface area contributed by atoms with Crippen molar-refractivity contribution in [2.75, 3.05) is 17.7 Å². The van der Waals surface area contributed by atoms with Gasteiger partial charge in [-0.05, 0) is 42.5 Å². The molecule has 1 heterocycles. The highest BCUT2D eigenvalue weighted by Gasteiger charge is 2.14. The summed E-state index contributed by atoms with van der Waals surface area (Å²) < 4.78 is 5.04. The van der Waals surface area contributed by atoms with Gasteiger partial charge in [0, 0.05) is 18.3 Å². The van der Waals surface area contributed by atoms with Gasteiger partial charge in [0.05, 0.1) is 17.5 Å². The van der Waals surface area contributed by atoms with Crippen LogP contribution in [0.4, 0.5) is 11.4 Å². The van der Waals surface area contributed by atoms with Gasteiger partial charge in [0.2, 0.25) is 0 Å². The molecular weight excluding hydrogens is 346 g/mol. The van der Waals surface area contributed by atoms with Crippen LogP contribution in [0, 0.1) is 0 Å². The van der Waals surface area contributed by atoms with Gasteiger partial charge in [0.1, 0.15) is 0 Å². The van der Waals surface area contributed by atoms with Gasteiger partial charge in [-0.3, -0.25) is 14.4 Å². The zero-order valence-corrected chi connectivity index (χ0v) is 14.5. The van der Waals surface area contributed by atoms with Crippen molar-refractivity contribution in [3.05, 3.63) is 83.8 Å². The zero-order valence-electron chi connectivity index (χ0n) is 14.5. The number of hydrogen-bond donors (Lipinski definition) is 3. The third-order valence-electron chi connectivity index (χ3n) is 3.77. The quantitative estimate of drug-likeness (QED) is 0.648. The highest BCUT2D eigenvalue weighted by atomic mass is 16.3. The lowest BCUT2D eigenvalue weighted by molar-refractivity contribution is 0.0962. The minimum Gasteiger partial charge on any atom is -0.459 e. The van der Waals surface area contributed by atoms with Gasteiger partial charge in [-0.25, -0.2) is 0 Å². The fraction of sp³-hybridized carbons (Fsp3) is 0.0500. The standard InChI is InChI=1S/C20H17N3O4/c1-21-19(25)15-8-2-3-9-16(15)23-18(24)13-6-4-7-14(12-13)22-20(26)17-10-5-11-27-17/h2-12H,1H3,(H,21,25)(H,22,26)(H,23,24). The van der Waals surface area contributed by atoms with Gasteiger partial charge >= 0.3 is 0 Å². The molecule has 0 atom stereocenters. The van der Waals surface area contributed by atoms with Crippen LogP contribution in [-0.2, 0) is 0 Å². The minimum atomic E-state index is -0.414. The Morgan fingerprint density at radius 2 is 1.63 bits per heavy atom. The molecule has 0 aliphatic carbocycles. The zero-order chi connectivity index (χ0) is 19.2. The second-order valence-electron chi connectivity index (χ2n) is 5.59. The van der Waals surface area contributed by atoms with E-state index in [0.29, 0.717) is 22.5 Å². The number of para-hydroxylation sites is 1. The van der Waals surface area contributed by atoms with Crippen molar-refractivity contribution in [1.82, 2.24) is 5.32 Å². The monoisotopic (exact) mass is 363 g/mol. The second kappa shape index (κ2) is 8.01. The first-order valence-corrected chi connectivity index (χ1v) is 8.16. The molecule has 3 rings (SSSR count). The number of carbonyl (C=O) groups excluding carboxylic acids is 3. The molecule has 0 saturated carbocycles. The van der Waals surface area contributed by atoms with E-state index in [0.717, 1.165) is 0 Å². The Hall–Kier alpha value is -3.87. The molecule has 0 aliphatic heterocycles. The molecule has 27 heavy (non-hydrogen) atoms. The molecule has 136 valence electrons. The molecule has 1 aromatic heterocycles. The topological polar surface area (TPSA) is 100 Å². The van der Waals surface area contributed by atoms with E-state index in [1.54, 1.807) is 60.7 Å². The average Bonchev–Trinajstić information content (AvgIpc) is 3.23. The highest BCUT2D eigenvalue weighted by molar-refractivity contribution is 6.10. The summed E-state index contributed by atoms with van der Waals surface area (Å²) in [6.45, 7) is 0. The van der Waals surface area contributed by atoms with Crippen molar-refractivity contribution in [3.8, 4) is 0 Å². The van der Waals surface area contributed by atoms with E-state index in [1.807, 2.05) is 0 Å². The third-order valence-corrected chi connectivity index (χ3v) is 3.77. The van der Waals surface area contributed by atoms with E-state index < -0.39 is 11.8 Å². The van der Waals surface area contributed by atoms with Crippen LogP contribution in [0.2, 0.25) is 0 Å². The van der Waals surface area contributed by atoms with E-state index in [1.165, 1.54) is 13.3 Å². The van der Waals surface area contributed by atoms with Gasteiger partial charge in [-0.1, -0.05) is 18.2 Å². The molecule has 7 nitrogen and oxygen atoms in total. The molecule has 0 fully saturated rings. The van der Waals surface area contributed by atoms with Gasteiger partial charge in [-0.2, -0.15) is 0 Å². The van der Waals surface area contributed by atoms with Crippen molar-refractivity contribution < 1.29 is 18.8 Å². The summed E-state index contributed by atoms with van der Waals surface area (Å²) in [6.07, 6.45) is 1.41. The maximum absolute atomic E-state index is 12.6. The third kappa shape index (κ3) is 4.21. The molecule has 0 saturated heterocycles. The van der Waals surface area contributed by atoms with Crippen LogP contribution in [0.1, 0.15) is 31.3 Å². The van der Waals surface area contributed by atoms with Crippen LogP contribution in [0.3, 0.4) is 0 Å². The number of anilines is 2. The van der Waals surface area contributed by atoms with Crippen molar-refractivity contribution in [2.24, 2.45) is 0 Å². The van der Waals surface area contributed by atoms with Crippen LogP contribution < -0.4 is 16.0 Å². The number of benzene rings is 2. The van der Waals surface area contributed by atoms with Crippen molar-refractivity contribution in [3.63, 3.8) is 0 Å². The first kappa shape index (κ1) is 17.9. The lowest BCUT2D eigenvalue weighted by Gasteiger charge is -2.11. The summed E-state index contributed by atoms with van der Waals surface area (Å²) >= 11 is 0. The molecule has 3 N–H and O–H groups in total. The second-order valence-corrected chi connectivity index (χ2v) is 5.59. The number of hydrogen-bond acceptors (Lipinski definition) is 4. The molecule has 3 aromatic rings. The number of carbonyl (C=O) groups is 3. The Morgan fingerprint density at radius 3 is 2.37 bits per heavy atom. The van der Waals surface area contributed by atoms with Crippen molar-refractivity contribution in [2.45, 2.75) is 0 Å². The molecular formula is C20H17N3O4. The van der Waals surface area contributed by atoms with E-state index in [2.05, 4.69) is 16.0 Å². The van der Waals surface area contributed by atoms with E-state index in [4.69, 9.17) is 4.42 Å². The first-order chi connectivity index (χ1) is 13.1. The SMILES string of the molecule is CNC(=O)c1ccccc1NC(=O)c1cccc(NC(=O)c2ccco2)c1. The summed E-state index contributed by atoms with van der Waals surface area (Å²) in [6, 6.07) is 16.3. The van der Waals surface area contributed by atoms with Crippen molar-refractivity contribution >= 4 is 29.1 Å². The Labute approximate surface area is 155 Å². The summed E-state index contributed by atoms with van der Waals surface area (Å²) in [5, 5.41) is 7.92. The summed E-state index contributed by atoms with van der Waals surface area (Å²) in [5.74, 6) is -0.947. The molecule has 0 radical (unpaired) electrons. The number of amides is 3. The summed E-state index contributed by atoms with van der Waals surface area (Å²) in [7, 11) is 1.52. The molecule has 3 amide bonds. The number of furan rings is 1. The lowest BCUT2D eigenvalue weighted by Crippen LogP contribution is -2.21. The normalized spacial score (nSPS) is 10.1. The highest BCUT2D eigenvalue weighted by Crippen LogP contribution is 2.18. The molecule has 0 aliphatic rings.